The molecule has 0 bridgehead atoms. The molecule has 2 unspecified atom stereocenters. The molecule has 0 amide bonds. The Balaban J connectivity index is 2.05. The number of anilines is 1. The quantitative estimate of drug-likeness (QED) is 0.654. The molecule has 1 aliphatic carbocycles. The largest absolute Gasteiger partial charge is 0.398 e. The van der Waals surface area contributed by atoms with Crippen LogP contribution in [0.3, 0.4) is 0 Å². The fourth-order valence-electron chi connectivity index (χ4n) is 1.75. The van der Waals surface area contributed by atoms with Crippen LogP contribution in [-0.2, 0) is 4.84 Å². The third kappa shape index (κ3) is 0.932. The van der Waals surface area contributed by atoms with Gasteiger partial charge in [0.1, 0.15) is 6.10 Å². The summed E-state index contributed by atoms with van der Waals surface area (Å²) < 4.78 is 0. The van der Waals surface area contributed by atoms with E-state index < -0.39 is 0 Å². The lowest BCUT2D eigenvalue weighted by atomic mass is 10.0. The molecule has 0 aromatic heterocycles. The van der Waals surface area contributed by atoms with E-state index in [2.05, 4.69) is 5.16 Å². The Labute approximate surface area is 76.2 Å². The van der Waals surface area contributed by atoms with Gasteiger partial charge in [0.25, 0.3) is 0 Å². The number of para-hydroxylation sites is 1. The summed E-state index contributed by atoms with van der Waals surface area (Å²) in [5, 5.41) is 4.03. The molecule has 0 saturated heterocycles. The summed E-state index contributed by atoms with van der Waals surface area (Å²) in [5.74, 6) is 0.504. The first-order valence-corrected chi connectivity index (χ1v) is 4.45. The van der Waals surface area contributed by atoms with Crippen molar-refractivity contribution in [3.63, 3.8) is 0 Å². The molecule has 0 spiro atoms. The van der Waals surface area contributed by atoms with Crippen molar-refractivity contribution in [3.8, 4) is 0 Å². The number of fused-ring (bicyclic) bond motifs is 1. The van der Waals surface area contributed by atoms with E-state index in [1.54, 1.807) is 0 Å². The number of nitrogens with zero attached hydrogens (tertiary/aromatic N) is 1. The summed E-state index contributed by atoms with van der Waals surface area (Å²) in [6, 6.07) is 7.80. The molecule has 2 N–H and O–H groups in total. The summed E-state index contributed by atoms with van der Waals surface area (Å²) in [6.07, 6.45) is 1.45. The van der Waals surface area contributed by atoms with Crippen LogP contribution in [0.25, 0.3) is 0 Å². The van der Waals surface area contributed by atoms with Gasteiger partial charge in [0.05, 0.1) is 5.71 Å². The van der Waals surface area contributed by atoms with Crippen LogP contribution in [-0.4, -0.2) is 11.8 Å². The normalized spacial score (nSPS) is 29.1. The van der Waals surface area contributed by atoms with E-state index in [1.165, 1.54) is 0 Å². The Morgan fingerprint density at radius 2 is 2.23 bits per heavy atom. The summed E-state index contributed by atoms with van der Waals surface area (Å²) in [6.45, 7) is 0. The second-order valence-electron chi connectivity index (χ2n) is 3.55. The molecule has 0 radical (unpaired) electrons. The minimum absolute atomic E-state index is 0.342. The number of oxime groups is 1. The number of rotatable bonds is 1. The van der Waals surface area contributed by atoms with Gasteiger partial charge in [-0.2, -0.15) is 0 Å². The maximum Gasteiger partial charge on any atom is 0.137 e. The van der Waals surface area contributed by atoms with Crippen molar-refractivity contribution < 1.29 is 4.84 Å². The van der Waals surface area contributed by atoms with Gasteiger partial charge in [-0.3, -0.25) is 0 Å². The highest BCUT2D eigenvalue weighted by Gasteiger charge is 2.49. The van der Waals surface area contributed by atoms with Crippen molar-refractivity contribution in [1.82, 2.24) is 0 Å². The Kier molecular flexibility index (Phi) is 1.20. The molecule has 1 saturated carbocycles. The SMILES string of the molecule is Nc1ccccc1C1=NOC2CC12. The molecule has 1 aliphatic heterocycles. The second kappa shape index (κ2) is 2.25. The van der Waals surface area contributed by atoms with E-state index in [0.717, 1.165) is 23.4 Å². The molecule has 3 nitrogen and oxygen atoms in total. The summed E-state index contributed by atoms with van der Waals surface area (Å²) in [5.41, 5.74) is 8.70. The van der Waals surface area contributed by atoms with E-state index in [4.69, 9.17) is 10.6 Å². The van der Waals surface area contributed by atoms with Gasteiger partial charge in [-0.05, 0) is 12.5 Å². The molecule has 1 heterocycles. The zero-order valence-corrected chi connectivity index (χ0v) is 7.10. The predicted molar refractivity (Wildman–Crippen MR) is 50.4 cm³/mol. The fraction of sp³-hybridized carbons (Fsp3) is 0.300. The van der Waals surface area contributed by atoms with Crippen LogP contribution in [0.5, 0.6) is 0 Å². The number of nitrogen functional groups attached to an aromatic ring is 1. The summed E-state index contributed by atoms with van der Waals surface area (Å²) >= 11 is 0. The molecule has 13 heavy (non-hydrogen) atoms. The molecular weight excluding hydrogens is 164 g/mol. The van der Waals surface area contributed by atoms with Crippen LogP contribution in [0.1, 0.15) is 12.0 Å². The topological polar surface area (TPSA) is 47.6 Å². The summed E-state index contributed by atoms with van der Waals surface area (Å²) in [4.78, 5) is 5.18. The third-order valence-electron chi connectivity index (χ3n) is 2.61. The van der Waals surface area contributed by atoms with E-state index >= 15 is 0 Å². The van der Waals surface area contributed by atoms with Gasteiger partial charge < -0.3 is 10.6 Å². The Morgan fingerprint density at radius 1 is 1.38 bits per heavy atom. The van der Waals surface area contributed by atoms with Gasteiger partial charge >= 0.3 is 0 Å². The number of nitrogens with two attached hydrogens (primary N) is 1. The second-order valence-corrected chi connectivity index (χ2v) is 3.55. The molecular formula is C10H10N2O. The van der Waals surface area contributed by atoms with Gasteiger partial charge in [-0.1, -0.05) is 23.4 Å². The standard InChI is InChI=1S/C10H10N2O/c11-8-4-2-1-3-6(8)10-7-5-9(7)13-12-10/h1-4,7,9H,5,11H2. The molecule has 1 aromatic rings. The van der Waals surface area contributed by atoms with Crippen molar-refractivity contribution in [3.05, 3.63) is 29.8 Å². The van der Waals surface area contributed by atoms with Crippen molar-refractivity contribution >= 4 is 11.4 Å². The Morgan fingerprint density at radius 3 is 2.85 bits per heavy atom. The minimum atomic E-state index is 0.342. The number of hydrogen-bond acceptors (Lipinski definition) is 3. The van der Waals surface area contributed by atoms with E-state index in [1.807, 2.05) is 24.3 Å². The minimum Gasteiger partial charge on any atom is -0.398 e. The lowest BCUT2D eigenvalue weighted by molar-refractivity contribution is 0.140. The van der Waals surface area contributed by atoms with E-state index in [-0.39, 0.29) is 0 Å². The molecule has 3 rings (SSSR count). The fourth-order valence-corrected chi connectivity index (χ4v) is 1.75. The van der Waals surface area contributed by atoms with Gasteiger partial charge in [0, 0.05) is 17.2 Å². The molecule has 1 aromatic carbocycles. The summed E-state index contributed by atoms with van der Waals surface area (Å²) in [7, 11) is 0. The number of benzene rings is 1. The van der Waals surface area contributed by atoms with Crippen molar-refractivity contribution in [1.29, 1.82) is 0 Å². The smallest absolute Gasteiger partial charge is 0.137 e. The zero-order chi connectivity index (χ0) is 8.84. The van der Waals surface area contributed by atoms with Crippen LogP contribution < -0.4 is 5.73 Å². The molecule has 2 atom stereocenters. The molecule has 2 aliphatic rings. The first kappa shape index (κ1) is 6.95. The maximum absolute atomic E-state index is 5.84. The van der Waals surface area contributed by atoms with Crippen LogP contribution in [0.15, 0.2) is 29.4 Å². The highest BCUT2D eigenvalue weighted by atomic mass is 16.7. The van der Waals surface area contributed by atoms with Crippen LogP contribution >= 0.6 is 0 Å². The van der Waals surface area contributed by atoms with Crippen LogP contribution in [0.2, 0.25) is 0 Å². The molecule has 3 heteroatoms. The molecule has 66 valence electrons. The monoisotopic (exact) mass is 174 g/mol. The van der Waals surface area contributed by atoms with Crippen LogP contribution in [0.4, 0.5) is 5.69 Å². The van der Waals surface area contributed by atoms with Gasteiger partial charge in [0.2, 0.25) is 0 Å². The average Bonchev–Trinajstić information content (AvgIpc) is 2.81. The van der Waals surface area contributed by atoms with Crippen molar-refractivity contribution in [2.24, 2.45) is 11.1 Å². The van der Waals surface area contributed by atoms with Crippen LogP contribution in [0, 0.1) is 5.92 Å². The van der Waals surface area contributed by atoms with Crippen molar-refractivity contribution in [2.75, 3.05) is 5.73 Å². The predicted octanol–water partition coefficient (Wildman–Crippen LogP) is 1.39. The first-order valence-electron chi connectivity index (χ1n) is 4.45. The average molecular weight is 174 g/mol. The third-order valence-corrected chi connectivity index (χ3v) is 2.61. The lowest BCUT2D eigenvalue weighted by Gasteiger charge is -2.03. The first-order chi connectivity index (χ1) is 6.36. The maximum atomic E-state index is 5.84. The van der Waals surface area contributed by atoms with Gasteiger partial charge in [-0.15, -0.1) is 0 Å². The van der Waals surface area contributed by atoms with Gasteiger partial charge in [-0.25, -0.2) is 0 Å². The van der Waals surface area contributed by atoms with Crippen molar-refractivity contribution in [2.45, 2.75) is 12.5 Å². The van der Waals surface area contributed by atoms with E-state index in [0.29, 0.717) is 12.0 Å². The zero-order valence-electron chi connectivity index (χ0n) is 7.10. The number of hydrogen-bond donors (Lipinski definition) is 1. The lowest BCUT2D eigenvalue weighted by Crippen LogP contribution is -2.05. The van der Waals surface area contributed by atoms with E-state index in [9.17, 15) is 0 Å². The highest BCUT2D eigenvalue weighted by Crippen LogP contribution is 2.42. The Bertz CT molecular complexity index is 386. The van der Waals surface area contributed by atoms with Gasteiger partial charge in [0.15, 0.2) is 0 Å². The Hall–Kier alpha value is -1.51. The highest BCUT2D eigenvalue weighted by molar-refractivity contribution is 6.08. The molecule has 1 fully saturated rings.